The third kappa shape index (κ3) is 1.82. The monoisotopic (exact) mass is 245 g/mol. The predicted molar refractivity (Wildman–Crippen MR) is 70.3 cm³/mol. The van der Waals surface area contributed by atoms with Gasteiger partial charge in [-0.2, -0.15) is 4.37 Å². The zero-order valence-electron chi connectivity index (χ0n) is 10.00. The molecule has 2 atom stereocenters. The van der Waals surface area contributed by atoms with Crippen molar-refractivity contribution < 1.29 is 0 Å². The van der Waals surface area contributed by atoms with Crippen LogP contribution in [-0.2, 0) is 0 Å². The molecule has 0 spiro atoms. The van der Waals surface area contributed by atoms with Gasteiger partial charge >= 0.3 is 0 Å². The Morgan fingerprint density at radius 1 is 1.29 bits per heavy atom. The van der Waals surface area contributed by atoms with Crippen LogP contribution in [-0.4, -0.2) is 15.9 Å². The number of hydrogen-bond acceptors (Lipinski definition) is 4. The summed E-state index contributed by atoms with van der Waals surface area (Å²) in [6, 6.07) is 11.1. The topological polar surface area (TPSA) is 29.0 Å². The van der Waals surface area contributed by atoms with Gasteiger partial charge < -0.3 is 4.90 Å². The van der Waals surface area contributed by atoms with Gasteiger partial charge in [-0.1, -0.05) is 37.3 Å². The van der Waals surface area contributed by atoms with Crippen molar-refractivity contribution in [2.75, 3.05) is 11.4 Å². The molecule has 1 saturated heterocycles. The SMILES string of the molecule is Cc1nsc(N2CC(C)C2c2ccccc2)n1. The summed E-state index contributed by atoms with van der Waals surface area (Å²) < 4.78 is 4.26. The molecule has 0 saturated carbocycles. The van der Waals surface area contributed by atoms with Crippen molar-refractivity contribution in [3.63, 3.8) is 0 Å². The second kappa shape index (κ2) is 4.11. The van der Waals surface area contributed by atoms with Crippen LogP contribution in [0.3, 0.4) is 0 Å². The Morgan fingerprint density at radius 2 is 2.06 bits per heavy atom. The first-order valence-corrected chi connectivity index (χ1v) is 6.65. The molecule has 3 rings (SSSR count). The largest absolute Gasteiger partial charge is 0.339 e. The first kappa shape index (κ1) is 10.7. The van der Waals surface area contributed by atoms with E-state index in [1.54, 1.807) is 0 Å². The van der Waals surface area contributed by atoms with E-state index in [1.165, 1.54) is 17.1 Å². The van der Waals surface area contributed by atoms with Crippen LogP contribution in [0.15, 0.2) is 30.3 Å². The van der Waals surface area contributed by atoms with E-state index in [0.29, 0.717) is 12.0 Å². The van der Waals surface area contributed by atoms with Crippen molar-refractivity contribution in [3.8, 4) is 0 Å². The van der Waals surface area contributed by atoms with Crippen molar-refractivity contribution >= 4 is 16.7 Å². The van der Waals surface area contributed by atoms with Crippen LogP contribution in [0.5, 0.6) is 0 Å². The number of hydrogen-bond donors (Lipinski definition) is 0. The zero-order chi connectivity index (χ0) is 11.8. The van der Waals surface area contributed by atoms with Gasteiger partial charge in [0, 0.05) is 18.1 Å². The molecule has 0 amide bonds. The van der Waals surface area contributed by atoms with E-state index < -0.39 is 0 Å². The van der Waals surface area contributed by atoms with Crippen LogP contribution < -0.4 is 4.90 Å². The van der Waals surface area contributed by atoms with Crippen LogP contribution in [0.4, 0.5) is 5.13 Å². The normalized spacial score (nSPS) is 23.5. The fourth-order valence-corrected chi connectivity index (χ4v) is 3.17. The highest BCUT2D eigenvalue weighted by molar-refractivity contribution is 7.09. The summed E-state index contributed by atoms with van der Waals surface area (Å²) >= 11 is 1.50. The van der Waals surface area contributed by atoms with E-state index >= 15 is 0 Å². The molecule has 1 fully saturated rings. The summed E-state index contributed by atoms with van der Waals surface area (Å²) in [5.41, 5.74) is 1.37. The fraction of sp³-hybridized carbons (Fsp3) is 0.385. The van der Waals surface area contributed by atoms with Crippen molar-refractivity contribution in [2.24, 2.45) is 5.92 Å². The minimum absolute atomic E-state index is 0.462. The predicted octanol–water partition coefficient (Wildman–Crippen LogP) is 3.04. The highest BCUT2D eigenvalue weighted by atomic mass is 32.1. The Morgan fingerprint density at radius 3 is 2.65 bits per heavy atom. The van der Waals surface area contributed by atoms with Gasteiger partial charge in [-0.3, -0.25) is 0 Å². The van der Waals surface area contributed by atoms with Gasteiger partial charge in [0.25, 0.3) is 0 Å². The Labute approximate surface area is 105 Å². The summed E-state index contributed by atoms with van der Waals surface area (Å²) in [6.07, 6.45) is 0. The van der Waals surface area contributed by atoms with Crippen molar-refractivity contribution in [2.45, 2.75) is 19.9 Å². The van der Waals surface area contributed by atoms with Gasteiger partial charge in [0.2, 0.25) is 5.13 Å². The number of rotatable bonds is 2. The first-order chi connectivity index (χ1) is 8.25. The number of benzene rings is 1. The molecular weight excluding hydrogens is 230 g/mol. The highest BCUT2D eigenvalue weighted by Crippen LogP contribution is 2.42. The summed E-state index contributed by atoms with van der Waals surface area (Å²) in [5, 5.41) is 1.05. The maximum Gasteiger partial charge on any atom is 0.205 e. The highest BCUT2D eigenvalue weighted by Gasteiger charge is 2.38. The lowest BCUT2D eigenvalue weighted by atomic mass is 9.85. The van der Waals surface area contributed by atoms with Crippen LogP contribution >= 0.6 is 11.5 Å². The molecule has 88 valence electrons. The average Bonchev–Trinajstić information content (AvgIpc) is 2.73. The van der Waals surface area contributed by atoms with E-state index in [0.717, 1.165) is 17.5 Å². The molecule has 0 N–H and O–H groups in total. The van der Waals surface area contributed by atoms with E-state index in [4.69, 9.17) is 0 Å². The molecule has 0 aliphatic carbocycles. The summed E-state index contributed by atoms with van der Waals surface area (Å²) in [4.78, 5) is 6.83. The molecule has 2 unspecified atom stereocenters. The third-order valence-corrected chi connectivity index (χ3v) is 4.11. The fourth-order valence-electron chi connectivity index (χ4n) is 2.45. The van der Waals surface area contributed by atoms with Crippen LogP contribution in [0, 0.1) is 12.8 Å². The lowest BCUT2D eigenvalue weighted by Crippen LogP contribution is -2.48. The van der Waals surface area contributed by atoms with Crippen LogP contribution in [0.1, 0.15) is 24.4 Å². The summed E-state index contributed by atoms with van der Waals surface area (Å²) in [6.45, 7) is 5.32. The molecule has 1 aromatic heterocycles. The van der Waals surface area contributed by atoms with Gasteiger partial charge in [-0.25, -0.2) is 4.98 Å². The molecule has 4 heteroatoms. The third-order valence-electron chi connectivity index (χ3n) is 3.26. The first-order valence-electron chi connectivity index (χ1n) is 5.87. The maximum absolute atomic E-state index is 4.48. The molecule has 0 bridgehead atoms. The van der Waals surface area contributed by atoms with Gasteiger partial charge in [-0.15, -0.1) is 0 Å². The number of aryl methyl sites for hydroxylation is 1. The standard InChI is InChI=1S/C13H15N3S/c1-9-8-16(13-14-10(2)15-17-13)12(9)11-6-4-3-5-7-11/h3-7,9,12H,8H2,1-2H3. The second-order valence-electron chi connectivity index (χ2n) is 4.61. The molecule has 0 radical (unpaired) electrons. The Bertz CT molecular complexity index is 508. The molecule has 2 heterocycles. The van der Waals surface area contributed by atoms with E-state index in [-0.39, 0.29) is 0 Å². The van der Waals surface area contributed by atoms with E-state index in [2.05, 4.69) is 51.5 Å². The van der Waals surface area contributed by atoms with Crippen molar-refractivity contribution in [1.29, 1.82) is 0 Å². The second-order valence-corrected chi connectivity index (χ2v) is 5.34. The minimum atomic E-state index is 0.462. The summed E-state index contributed by atoms with van der Waals surface area (Å²) in [7, 11) is 0. The zero-order valence-corrected chi connectivity index (χ0v) is 10.8. The molecule has 1 aromatic carbocycles. The molecule has 1 aliphatic heterocycles. The lowest BCUT2D eigenvalue weighted by Gasteiger charge is -2.46. The van der Waals surface area contributed by atoms with Crippen molar-refractivity contribution in [1.82, 2.24) is 9.36 Å². The molecule has 17 heavy (non-hydrogen) atoms. The minimum Gasteiger partial charge on any atom is -0.339 e. The van der Waals surface area contributed by atoms with Crippen molar-refractivity contribution in [3.05, 3.63) is 41.7 Å². The van der Waals surface area contributed by atoms with Gasteiger partial charge in [-0.05, 0) is 18.4 Å². The Hall–Kier alpha value is -1.42. The average molecular weight is 245 g/mol. The van der Waals surface area contributed by atoms with Gasteiger partial charge in [0.15, 0.2) is 0 Å². The molecule has 1 aliphatic rings. The number of anilines is 1. The summed E-state index contributed by atoms with van der Waals surface area (Å²) in [5.74, 6) is 1.55. The number of aromatic nitrogens is 2. The Balaban J connectivity index is 1.89. The maximum atomic E-state index is 4.48. The molecular formula is C13H15N3S. The van der Waals surface area contributed by atoms with Crippen LogP contribution in [0.2, 0.25) is 0 Å². The molecule has 3 nitrogen and oxygen atoms in total. The molecule has 2 aromatic rings. The lowest BCUT2D eigenvalue weighted by molar-refractivity contribution is 0.324. The van der Waals surface area contributed by atoms with Gasteiger partial charge in [0.1, 0.15) is 5.82 Å². The van der Waals surface area contributed by atoms with E-state index in [1.807, 2.05) is 6.92 Å². The smallest absolute Gasteiger partial charge is 0.205 e. The van der Waals surface area contributed by atoms with Gasteiger partial charge in [0.05, 0.1) is 6.04 Å². The quantitative estimate of drug-likeness (QED) is 0.814. The van der Waals surface area contributed by atoms with Crippen LogP contribution in [0.25, 0.3) is 0 Å². The van der Waals surface area contributed by atoms with E-state index in [9.17, 15) is 0 Å². The number of nitrogens with zero attached hydrogens (tertiary/aromatic N) is 3. The Kier molecular flexibility index (Phi) is 2.59.